The van der Waals surface area contributed by atoms with Crippen LogP contribution in [0.2, 0.25) is 0 Å². The zero-order valence-electron chi connectivity index (χ0n) is 9.07. The molecule has 4 nitrogen and oxygen atoms in total. The van der Waals surface area contributed by atoms with Crippen molar-refractivity contribution in [2.45, 2.75) is 12.8 Å². The number of hydrogen-bond donors (Lipinski definition) is 2. The Bertz CT molecular complexity index is 540. The van der Waals surface area contributed by atoms with Gasteiger partial charge in [0, 0.05) is 13.0 Å². The molecule has 90 valence electrons. The van der Waals surface area contributed by atoms with Gasteiger partial charge in [0.15, 0.2) is 5.13 Å². The molecule has 0 unspecified atom stereocenters. The minimum atomic E-state index is -0.307. The van der Waals surface area contributed by atoms with E-state index in [1.165, 1.54) is 23.5 Å². The molecule has 1 aromatic heterocycles. The van der Waals surface area contributed by atoms with E-state index < -0.39 is 0 Å². The molecule has 0 aliphatic heterocycles. The number of carbonyl (C=O) groups is 1. The lowest BCUT2D eigenvalue weighted by Gasteiger charge is -1.99. The molecule has 2 aromatic rings. The first kappa shape index (κ1) is 11.8. The largest absolute Gasteiger partial charge is 0.370 e. The molecular formula is C11H12FN3OS. The molecule has 0 aliphatic rings. The van der Waals surface area contributed by atoms with Crippen LogP contribution in [0.15, 0.2) is 18.2 Å². The van der Waals surface area contributed by atoms with E-state index in [1.54, 1.807) is 6.07 Å². The Morgan fingerprint density at radius 1 is 1.53 bits per heavy atom. The number of hydrogen-bond acceptors (Lipinski definition) is 4. The fourth-order valence-corrected chi connectivity index (χ4v) is 2.35. The van der Waals surface area contributed by atoms with Gasteiger partial charge < -0.3 is 11.1 Å². The Morgan fingerprint density at radius 2 is 2.35 bits per heavy atom. The summed E-state index contributed by atoms with van der Waals surface area (Å²) in [7, 11) is 0. The molecule has 17 heavy (non-hydrogen) atoms. The van der Waals surface area contributed by atoms with Crippen LogP contribution in [0.25, 0.3) is 10.2 Å². The third-order valence-electron chi connectivity index (χ3n) is 2.23. The van der Waals surface area contributed by atoms with Gasteiger partial charge >= 0.3 is 0 Å². The van der Waals surface area contributed by atoms with Gasteiger partial charge in [0.2, 0.25) is 5.91 Å². The summed E-state index contributed by atoms with van der Waals surface area (Å²) in [6.45, 7) is 0.630. The molecule has 0 bridgehead atoms. The van der Waals surface area contributed by atoms with E-state index >= 15 is 0 Å². The minimum absolute atomic E-state index is 0.263. The van der Waals surface area contributed by atoms with E-state index in [-0.39, 0.29) is 11.7 Å². The van der Waals surface area contributed by atoms with Crippen LogP contribution in [0.5, 0.6) is 0 Å². The summed E-state index contributed by atoms with van der Waals surface area (Å²) < 4.78 is 13.8. The highest BCUT2D eigenvalue weighted by atomic mass is 32.1. The fourth-order valence-electron chi connectivity index (χ4n) is 1.43. The van der Waals surface area contributed by atoms with Gasteiger partial charge in [-0.1, -0.05) is 11.3 Å². The molecule has 1 aromatic carbocycles. The fraction of sp³-hybridized carbons (Fsp3) is 0.273. The van der Waals surface area contributed by atoms with Gasteiger partial charge in [-0.15, -0.1) is 0 Å². The van der Waals surface area contributed by atoms with Gasteiger partial charge in [-0.25, -0.2) is 9.37 Å². The highest BCUT2D eigenvalue weighted by Gasteiger charge is 2.04. The van der Waals surface area contributed by atoms with Crippen molar-refractivity contribution in [3.05, 3.63) is 24.0 Å². The monoisotopic (exact) mass is 253 g/mol. The van der Waals surface area contributed by atoms with E-state index in [0.29, 0.717) is 19.4 Å². The number of nitrogens with zero attached hydrogens (tertiary/aromatic N) is 1. The number of anilines is 1. The van der Waals surface area contributed by atoms with Gasteiger partial charge in [-0.3, -0.25) is 4.79 Å². The predicted octanol–water partition coefficient (Wildman–Crippen LogP) is 2.11. The lowest BCUT2D eigenvalue weighted by Crippen LogP contribution is -2.12. The molecule has 0 spiro atoms. The van der Waals surface area contributed by atoms with Gasteiger partial charge in [0.05, 0.1) is 10.2 Å². The maximum absolute atomic E-state index is 12.9. The predicted molar refractivity (Wildman–Crippen MR) is 66.5 cm³/mol. The van der Waals surface area contributed by atoms with Crippen LogP contribution in [-0.2, 0) is 4.79 Å². The topological polar surface area (TPSA) is 68.0 Å². The number of nitrogens with two attached hydrogens (primary N) is 1. The molecule has 0 aliphatic carbocycles. The van der Waals surface area contributed by atoms with Gasteiger partial charge in [0.1, 0.15) is 5.82 Å². The lowest BCUT2D eigenvalue weighted by atomic mass is 10.3. The highest BCUT2D eigenvalue weighted by molar-refractivity contribution is 7.22. The zero-order chi connectivity index (χ0) is 12.3. The first-order valence-electron chi connectivity index (χ1n) is 5.23. The van der Waals surface area contributed by atoms with Crippen LogP contribution in [0.3, 0.4) is 0 Å². The van der Waals surface area contributed by atoms with Crippen molar-refractivity contribution in [3.8, 4) is 0 Å². The number of benzene rings is 1. The molecular weight excluding hydrogens is 241 g/mol. The number of aromatic nitrogens is 1. The lowest BCUT2D eigenvalue weighted by molar-refractivity contribution is -0.118. The van der Waals surface area contributed by atoms with Crippen LogP contribution in [-0.4, -0.2) is 17.4 Å². The summed E-state index contributed by atoms with van der Waals surface area (Å²) in [5, 5.41) is 3.82. The maximum Gasteiger partial charge on any atom is 0.217 e. The number of rotatable bonds is 5. The van der Waals surface area contributed by atoms with Crippen LogP contribution >= 0.6 is 11.3 Å². The molecule has 3 N–H and O–H groups in total. The van der Waals surface area contributed by atoms with Crippen molar-refractivity contribution < 1.29 is 9.18 Å². The average Bonchev–Trinajstić information content (AvgIpc) is 2.66. The van der Waals surface area contributed by atoms with Gasteiger partial charge in [-0.05, 0) is 24.6 Å². The molecule has 0 radical (unpaired) electrons. The summed E-state index contributed by atoms with van der Waals surface area (Å²) in [6, 6.07) is 4.50. The molecule has 6 heteroatoms. The van der Waals surface area contributed by atoms with Crippen molar-refractivity contribution in [1.82, 2.24) is 4.98 Å². The second-order valence-corrected chi connectivity index (χ2v) is 4.66. The Morgan fingerprint density at radius 3 is 3.12 bits per heavy atom. The zero-order valence-corrected chi connectivity index (χ0v) is 9.89. The minimum Gasteiger partial charge on any atom is -0.370 e. The summed E-state index contributed by atoms with van der Waals surface area (Å²) in [6.07, 6.45) is 1.02. The van der Waals surface area contributed by atoms with Crippen molar-refractivity contribution in [3.63, 3.8) is 0 Å². The second-order valence-electron chi connectivity index (χ2n) is 3.63. The summed E-state index contributed by atoms with van der Waals surface area (Å²) >= 11 is 1.39. The Labute approximate surface area is 102 Å². The Hall–Kier alpha value is -1.69. The number of thiazole rings is 1. The smallest absolute Gasteiger partial charge is 0.217 e. The SMILES string of the molecule is NC(=O)CCCNc1nc2ccc(F)cc2s1. The molecule has 0 saturated heterocycles. The van der Waals surface area contributed by atoms with Crippen molar-refractivity contribution in [2.24, 2.45) is 5.73 Å². The summed E-state index contributed by atoms with van der Waals surface area (Å²) in [4.78, 5) is 14.8. The average molecular weight is 253 g/mol. The third kappa shape index (κ3) is 3.13. The van der Waals surface area contributed by atoms with E-state index in [0.717, 1.165) is 15.3 Å². The molecule has 1 amide bonds. The summed E-state index contributed by atoms with van der Waals surface area (Å²) in [5.74, 6) is -0.570. The van der Waals surface area contributed by atoms with Crippen molar-refractivity contribution in [1.29, 1.82) is 0 Å². The van der Waals surface area contributed by atoms with Gasteiger partial charge in [0.25, 0.3) is 0 Å². The standard InChI is InChI=1S/C11H12FN3OS/c12-7-3-4-8-9(6-7)17-11(15-8)14-5-1-2-10(13)16/h3-4,6H,1-2,5H2,(H2,13,16)(H,14,15). The van der Waals surface area contributed by atoms with Crippen LogP contribution in [0.1, 0.15) is 12.8 Å². The second kappa shape index (κ2) is 5.09. The van der Waals surface area contributed by atoms with Gasteiger partial charge in [-0.2, -0.15) is 0 Å². The maximum atomic E-state index is 12.9. The Balaban J connectivity index is 1.97. The van der Waals surface area contributed by atoms with Crippen LogP contribution in [0, 0.1) is 5.82 Å². The molecule has 0 fully saturated rings. The van der Waals surface area contributed by atoms with Crippen molar-refractivity contribution >= 4 is 32.6 Å². The third-order valence-corrected chi connectivity index (χ3v) is 3.20. The Kier molecular flexibility index (Phi) is 3.53. The number of nitrogens with one attached hydrogen (secondary N) is 1. The molecule has 0 atom stereocenters. The normalized spacial score (nSPS) is 10.6. The van der Waals surface area contributed by atoms with E-state index in [9.17, 15) is 9.18 Å². The summed E-state index contributed by atoms with van der Waals surface area (Å²) in [5.41, 5.74) is 5.80. The first-order chi connectivity index (χ1) is 8.15. The highest BCUT2D eigenvalue weighted by Crippen LogP contribution is 2.26. The van der Waals surface area contributed by atoms with Crippen molar-refractivity contribution in [2.75, 3.05) is 11.9 Å². The number of amides is 1. The van der Waals surface area contributed by atoms with E-state index in [1.807, 2.05) is 0 Å². The molecule has 0 saturated carbocycles. The number of carbonyl (C=O) groups excluding carboxylic acids is 1. The number of fused-ring (bicyclic) bond motifs is 1. The quantitative estimate of drug-likeness (QED) is 0.802. The van der Waals surface area contributed by atoms with E-state index in [2.05, 4.69) is 10.3 Å². The molecule has 1 heterocycles. The number of halogens is 1. The number of primary amides is 1. The molecule has 2 rings (SSSR count). The van der Waals surface area contributed by atoms with Crippen LogP contribution < -0.4 is 11.1 Å². The van der Waals surface area contributed by atoms with Crippen LogP contribution in [0.4, 0.5) is 9.52 Å². The van der Waals surface area contributed by atoms with E-state index in [4.69, 9.17) is 5.73 Å². The first-order valence-corrected chi connectivity index (χ1v) is 6.05.